The van der Waals surface area contributed by atoms with Gasteiger partial charge in [0.25, 0.3) is 0 Å². The van der Waals surface area contributed by atoms with E-state index in [1.165, 1.54) is 0 Å². The molecule has 168 valence electrons. The van der Waals surface area contributed by atoms with E-state index in [4.69, 9.17) is 5.11 Å². The molecule has 1 aromatic heterocycles. The maximum absolute atomic E-state index is 14.1. The number of ketones is 2. The predicted molar refractivity (Wildman–Crippen MR) is 112 cm³/mol. The first kappa shape index (κ1) is 22.4. The summed E-state index contributed by atoms with van der Waals surface area (Å²) in [5.74, 6) is -6.31. The van der Waals surface area contributed by atoms with Gasteiger partial charge in [-0.15, -0.1) is 0 Å². The van der Waals surface area contributed by atoms with Gasteiger partial charge in [0.1, 0.15) is 35.3 Å². The molecule has 9 heteroatoms. The monoisotopic (exact) mass is 454 g/mol. The number of carbonyl (C=O) groups is 2. The molecule has 4 rings (SSSR count). The third-order valence-corrected chi connectivity index (χ3v) is 5.17. The van der Waals surface area contributed by atoms with Gasteiger partial charge >= 0.3 is 0 Å². The number of benzene rings is 3. The zero-order chi connectivity index (χ0) is 23.7. The zero-order valence-corrected chi connectivity index (χ0v) is 16.9. The molecule has 0 aliphatic carbocycles. The highest BCUT2D eigenvalue weighted by Gasteiger charge is 2.34. The molecule has 2 unspecified atom stereocenters. The number of hydrogen-bond donors (Lipinski definition) is 3. The van der Waals surface area contributed by atoms with Crippen molar-refractivity contribution in [1.82, 2.24) is 9.97 Å². The van der Waals surface area contributed by atoms with Crippen LogP contribution in [0.3, 0.4) is 0 Å². The number of imidazole rings is 1. The summed E-state index contributed by atoms with van der Waals surface area (Å²) in [5.41, 5.74) is 0.104. The van der Waals surface area contributed by atoms with Crippen molar-refractivity contribution < 1.29 is 33.0 Å². The number of hydrogen-bond acceptors (Lipinski definition) is 5. The third-order valence-electron chi connectivity index (χ3n) is 5.17. The number of aromatic nitrogens is 2. The second kappa shape index (κ2) is 8.97. The van der Waals surface area contributed by atoms with Gasteiger partial charge in [0.15, 0.2) is 11.6 Å². The molecule has 6 nitrogen and oxygen atoms in total. The molecule has 33 heavy (non-hydrogen) atoms. The Hall–Kier alpha value is -3.82. The summed E-state index contributed by atoms with van der Waals surface area (Å²) in [6.07, 6.45) is -1.59. The van der Waals surface area contributed by atoms with Gasteiger partial charge in [0.2, 0.25) is 0 Å². The number of para-hydroxylation sites is 2. The van der Waals surface area contributed by atoms with Gasteiger partial charge in [-0.1, -0.05) is 12.1 Å². The number of rotatable bonds is 7. The van der Waals surface area contributed by atoms with Crippen LogP contribution in [0.1, 0.15) is 44.1 Å². The predicted octanol–water partition coefficient (Wildman–Crippen LogP) is 3.86. The zero-order valence-electron chi connectivity index (χ0n) is 16.9. The van der Waals surface area contributed by atoms with E-state index in [9.17, 15) is 27.9 Å². The number of Topliss-reactive ketones (excluding diaryl/α,β-unsaturated/α-hetero) is 2. The lowest BCUT2D eigenvalue weighted by Crippen LogP contribution is -2.24. The van der Waals surface area contributed by atoms with Gasteiger partial charge in [-0.25, -0.2) is 18.2 Å². The fourth-order valence-corrected chi connectivity index (χ4v) is 3.56. The van der Waals surface area contributed by atoms with Crippen LogP contribution in [0.2, 0.25) is 0 Å². The Kier molecular flexibility index (Phi) is 6.08. The maximum Gasteiger partial charge on any atom is 0.181 e. The lowest BCUT2D eigenvalue weighted by Gasteiger charge is -2.15. The quantitative estimate of drug-likeness (QED) is 0.291. The standard InChI is InChI=1S/C24H17F3N2O4/c25-14-7-13(8-15(26)10-14)23(33)21(24-28-18-3-1-2-4-19(18)29-24)22(32)12-5-6-17(27)16(9-12)20(31)11-30/h1-10,20-21,30-31H,11H2,(H,28,29). The van der Waals surface area contributed by atoms with Crippen molar-refractivity contribution in [3.63, 3.8) is 0 Å². The lowest BCUT2D eigenvalue weighted by molar-refractivity contribution is 0.0853. The minimum atomic E-state index is -1.64. The minimum Gasteiger partial charge on any atom is -0.393 e. The first-order valence-corrected chi connectivity index (χ1v) is 9.86. The number of aliphatic hydroxyl groups is 2. The Labute approximate surface area is 185 Å². The molecule has 0 bridgehead atoms. The SMILES string of the molecule is O=C(c1cc(F)cc(F)c1)C(C(=O)c1ccc(F)c(C(O)CO)c1)c1nc2ccccc2[nH]1. The molecule has 4 aromatic rings. The smallest absolute Gasteiger partial charge is 0.181 e. The Bertz CT molecular complexity index is 1320. The summed E-state index contributed by atoms with van der Waals surface area (Å²) < 4.78 is 41.6. The average molecular weight is 454 g/mol. The second-order valence-corrected chi connectivity index (χ2v) is 7.39. The van der Waals surface area contributed by atoms with Crippen LogP contribution < -0.4 is 0 Å². The Balaban J connectivity index is 1.85. The Morgan fingerprint density at radius 1 is 0.909 bits per heavy atom. The van der Waals surface area contributed by atoms with Crippen molar-refractivity contribution in [3.05, 3.63) is 101 Å². The molecule has 2 atom stereocenters. The molecule has 1 heterocycles. The Morgan fingerprint density at radius 3 is 2.24 bits per heavy atom. The van der Waals surface area contributed by atoms with Crippen LogP contribution in [0.15, 0.2) is 60.7 Å². The van der Waals surface area contributed by atoms with E-state index in [-0.39, 0.29) is 22.5 Å². The number of aromatic amines is 1. The summed E-state index contributed by atoms with van der Waals surface area (Å²) in [6.45, 7) is -0.789. The molecular formula is C24H17F3N2O4. The van der Waals surface area contributed by atoms with Crippen molar-refractivity contribution in [2.75, 3.05) is 6.61 Å². The fraction of sp³-hybridized carbons (Fsp3) is 0.125. The molecule has 0 aliphatic rings. The van der Waals surface area contributed by atoms with Crippen LogP contribution in [0.5, 0.6) is 0 Å². The van der Waals surface area contributed by atoms with E-state index in [2.05, 4.69) is 9.97 Å². The van der Waals surface area contributed by atoms with Crippen molar-refractivity contribution in [2.24, 2.45) is 0 Å². The van der Waals surface area contributed by atoms with Gasteiger partial charge < -0.3 is 15.2 Å². The van der Waals surface area contributed by atoms with Crippen molar-refractivity contribution in [1.29, 1.82) is 0 Å². The van der Waals surface area contributed by atoms with E-state index in [0.717, 1.165) is 30.3 Å². The molecule has 0 saturated carbocycles. The van der Waals surface area contributed by atoms with Crippen molar-refractivity contribution >= 4 is 22.6 Å². The maximum atomic E-state index is 14.1. The van der Waals surface area contributed by atoms with Gasteiger partial charge in [-0.3, -0.25) is 9.59 Å². The van der Waals surface area contributed by atoms with E-state index < -0.39 is 47.6 Å². The first-order chi connectivity index (χ1) is 15.8. The van der Waals surface area contributed by atoms with E-state index in [1.54, 1.807) is 24.3 Å². The van der Waals surface area contributed by atoms with E-state index in [0.29, 0.717) is 17.1 Å². The second-order valence-electron chi connectivity index (χ2n) is 7.39. The number of fused-ring (bicyclic) bond motifs is 1. The number of nitrogens with zero attached hydrogens (tertiary/aromatic N) is 1. The molecule has 3 N–H and O–H groups in total. The number of H-pyrrole nitrogens is 1. The highest BCUT2D eigenvalue weighted by Crippen LogP contribution is 2.28. The molecule has 0 aliphatic heterocycles. The molecule has 0 saturated heterocycles. The highest BCUT2D eigenvalue weighted by molar-refractivity contribution is 6.19. The third kappa shape index (κ3) is 4.41. The molecule has 0 radical (unpaired) electrons. The number of aliphatic hydroxyl groups excluding tert-OH is 2. The largest absolute Gasteiger partial charge is 0.393 e. The Morgan fingerprint density at radius 2 is 1.58 bits per heavy atom. The summed E-state index contributed by atoms with van der Waals surface area (Å²) >= 11 is 0. The molecule has 0 fully saturated rings. The van der Waals surface area contributed by atoms with Gasteiger partial charge in [0.05, 0.1) is 17.6 Å². The van der Waals surface area contributed by atoms with Crippen LogP contribution in [0.25, 0.3) is 11.0 Å². The topological polar surface area (TPSA) is 103 Å². The molecular weight excluding hydrogens is 437 g/mol. The summed E-state index contributed by atoms with van der Waals surface area (Å²) in [7, 11) is 0. The summed E-state index contributed by atoms with van der Waals surface area (Å²) in [5, 5.41) is 19.0. The number of nitrogens with one attached hydrogen (secondary N) is 1. The number of carbonyl (C=O) groups excluding carboxylic acids is 2. The minimum absolute atomic E-state index is 0.0653. The molecule has 3 aromatic carbocycles. The summed E-state index contributed by atoms with van der Waals surface area (Å²) in [6, 6.07) is 12.0. The van der Waals surface area contributed by atoms with Gasteiger partial charge in [0, 0.05) is 22.8 Å². The highest BCUT2D eigenvalue weighted by atomic mass is 19.1. The van der Waals surface area contributed by atoms with Crippen LogP contribution in [-0.2, 0) is 0 Å². The molecule has 0 amide bonds. The van der Waals surface area contributed by atoms with E-state index in [1.807, 2.05) is 0 Å². The van der Waals surface area contributed by atoms with Crippen LogP contribution in [-0.4, -0.2) is 38.4 Å². The summed E-state index contributed by atoms with van der Waals surface area (Å²) in [4.78, 5) is 33.9. The number of halogens is 3. The fourth-order valence-electron chi connectivity index (χ4n) is 3.56. The van der Waals surface area contributed by atoms with Gasteiger partial charge in [-0.05, 0) is 42.5 Å². The molecule has 0 spiro atoms. The van der Waals surface area contributed by atoms with Crippen LogP contribution in [0, 0.1) is 17.5 Å². The lowest BCUT2D eigenvalue weighted by atomic mass is 9.88. The van der Waals surface area contributed by atoms with Crippen LogP contribution >= 0.6 is 0 Å². The van der Waals surface area contributed by atoms with Crippen LogP contribution in [0.4, 0.5) is 13.2 Å². The normalized spacial score (nSPS) is 13.1. The van der Waals surface area contributed by atoms with Crippen molar-refractivity contribution in [3.8, 4) is 0 Å². The van der Waals surface area contributed by atoms with E-state index >= 15 is 0 Å². The van der Waals surface area contributed by atoms with Crippen molar-refractivity contribution in [2.45, 2.75) is 12.0 Å². The van der Waals surface area contributed by atoms with Gasteiger partial charge in [-0.2, -0.15) is 0 Å². The average Bonchev–Trinajstić information content (AvgIpc) is 3.21. The first-order valence-electron chi connectivity index (χ1n) is 9.86.